The Morgan fingerprint density at radius 2 is 1.37 bits per heavy atom. The quantitative estimate of drug-likeness (QED) is 0.385. The van der Waals surface area contributed by atoms with Gasteiger partial charge in [-0.25, -0.2) is 0 Å². The van der Waals surface area contributed by atoms with Gasteiger partial charge in [0, 0.05) is 17.3 Å². The first-order chi connectivity index (χ1) is 8.97. The third-order valence-corrected chi connectivity index (χ3v) is 4.68. The molecular weight excluding hydrogens is 351 g/mol. The molecule has 98 valence electrons. The summed E-state index contributed by atoms with van der Waals surface area (Å²) in [4.78, 5) is 14.5. The van der Waals surface area contributed by atoms with Crippen LogP contribution in [0.4, 0.5) is 0 Å². The second kappa shape index (κ2) is 5.86. The van der Waals surface area contributed by atoms with E-state index in [0.29, 0.717) is 23.1 Å². The smallest absolute Gasteiger partial charge is 0.168 e. The van der Waals surface area contributed by atoms with Crippen LogP contribution in [0.1, 0.15) is 10.5 Å². The number of benzene rings is 1. The first-order valence-electron chi connectivity index (χ1n) is 4.90. The number of hydrogen-bond acceptors (Lipinski definition) is 2. The molecule has 7 heteroatoms. The van der Waals surface area contributed by atoms with Gasteiger partial charge in [-0.2, -0.15) is 0 Å². The van der Waals surface area contributed by atoms with Crippen LogP contribution in [0.2, 0.25) is 25.1 Å². The lowest BCUT2D eigenvalue weighted by atomic mass is 10.1. The molecule has 0 aliphatic heterocycles. The Kier molecular flexibility index (Phi) is 4.59. The highest BCUT2D eigenvalue weighted by atomic mass is 35.5. The first-order valence-corrected chi connectivity index (χ1v) is 6.79. The van der Waals surface area contributed by atoms with Gasteiger partial charge in [0.25, 0.3) is 0 Å². The molecule has 0 aliphatic rings. The summed E-state index contributed by atoms with van der Waals surface area (Å²) in [6, 6.07) is 3.18. The van der Waals surface area contributed by atoms with Crippen LogP contribution in [0, 0.1) is 0 Å². The maximum absolute atomic E-state index is 10.6. The first kappa shape index (κ1) is 14.9. The van der Waals surface area contributed by atoms with Crippen molar-refractivity contribution in [2.24, 2.45) is 0 Å². The maximum atomic E-state index is 10.6. The Morgan fingerprint density at radius 3 is 1.79 bits per heavy atom. The van der Waals surface area contributed by atoms with Gasteiger partial charge in [0.2, 0.25) is 0 Å². The van der Waals surface area contributed by atoms with E-state index in [4.69, 9.17) is 58.0 Å². The minimum absolute atomic E-state index is 0.0968. The molecule has 2 nitrogen and oxygen atoms in total. The number of carbonyl (C=O) groups excluding carboxylic acids is 1. The molecule has 0 saturated heterocycles. The molecule has 0 amide bonds. The predicted octanol–water partition coefficient (Wildman–Crippen LogP) is 5.83. The van der Waals surface area contributed by atoms with Gasteiger partial charge in [-0.1, -0.05) is 64.1 Å². The van der Waals surface area contributed by atoms with Crippen LogP contribution < -0.4 is 0 Å². The molecule has 2 rings (SSSR count). The third-order valence-electron chi connectivity index (χ3n) is 2.41. The van der Waals surface area contributed by atoms with Crippen LogP contribution in [-0.4, -0.2) is 11.3 Å². The van der Waals surface area contributed by atoms with E-state index in [0.717, 1.165) is 0 Å². The minimum Gasteiger partial charge on any atom is -0.296 e. The average Bonchev–Trinajstić information content (AvgIpc) is 2.44. The highest BCUT2D eigenvalue weighted by Gasteiger charge is 2.20. The van der Waals surface area contributed by atoms with Crippen molar-refractivity contribution in [2.45, 2.75) is 0 Å². The molecule has 0 atom stereocenters. The summed E-state index contributed by atoms with van der Waals surface area (Å²) in [7, 11) is 0. The second-order valence-corrected chi connectivity index (χ2v) is 5.42. The number of aldehydes is 1. The van der Waals surface area contributed by atoms with E-state index in [-0.39, 0.29) is 25.1 Å². The SMILES string of the molecule is O=Cc1ccc(-c2c(Cl)c(Cl)c(Cl)c(Cl)c2Cl)cn1. The topological polar surface area (TPSA) is 30.0 Å². The Bertz CT molecular complexity index is 625. The van der Waals surface area contributed by atoms with Crippen molar-refractivity contribution < 1.29 is 4.79 Å². The summed E-state index contributed by atoms with van der Waals surface area (Å²) in [5.74, 6) is 0. The Balaban J connectivity index is 2.71. The number of nitrogens with zero attached hydrogens (tertiary/aromatic N) is 1. The average molecular weight is 355 g/mol. The van der Waals surface area contributed by atoms with E-state index in [2.05, 4.69) is 4.98 Å². The molecule has 1 aromatic carbocycles. The molecule has 0 spiro atoms. The highest BCUT2D eigenvalue weighted by Crippen LogP contribution is 2.47. The molecule has 0 fully saturated rings. The van der Waals surface area contributed by atoms with E-state index < -0.39 is 0 Å². The van der Waals surface area contributed by atoms with Crippen molar-refractivity contribution in [3.8, 4) is 11.1 Å². The summed E-state index contributed by atoms with van der Waals surface area (Å²) >= 11 is 30.1. The molecule has 1 heterocycles. The predicted molar refractivity (Wildman–Crippen MR) is 80.1 cm³/mol. The summed E-state index contributed by atoms with van der Waals surface area (Å²) in [5, 5.41) is 0.697. The van der Waals surface area contributed by atoms with Gasteiger partial charge in [-0.3, -0.25) is 9.78 Å². The highest BCUT2D eigenvalue weighted by molar-refractivity contribution is 6.56. The molecule has 0 radical (unpaired) electrons. The number of aromatic nitrogens is 1. The molecule has 0 unspecified atom stereocenters. The van der Waals surface area contributed by atoms with Crippen LogP contribution in [-0.2, 0) is 0 Å². The van der Waals surface area contributed by atoms with E-state index in [1.807, 2.05) is 0 Å². The zero-order chi connectivity index (χ0) is 14.2. The lowest BCUT2D eigenvalue weighted by Gasteiger charge is -2.12. The molecule has 2 aromatic rings. The van der Waals surface area contributed by atoms with E-state index in [9.17, 15) is 4.79 Å². The molecule has 0 aliphatic carbocycles. The van der Waals surface area contributed by atoms with E-state index in [1.165, 1.54) is 12.3 Å². The van der Waals surface area contributed by atoms with Crippen molar-refractivity contribution in [2.75, 3.05) is 0 Å². The van der Waals surface area contributed by atoms with Gasteiger partial charge in [0.05, 0.1) is 25.1 Å². The van der Waals surface area contributed by atoms with Gasteiger partial charge < -0.3 is 0 Å². The summed E-state index contributed by atoms with van der Waals surface area (Å²) < 4.78 is 0. The number of halogens is 5. The Hall–Kier alpha value is -0.510. The van der Waals surface area contributed by atoms with Gasteiger partial charge in [0.1, 0.15) is 5.69 Å². The van der Waals surface area contributed by atoms with Crippen molar-refractivity contribution in [1.29, 1.82) is 0 Å². The van der Waals surface area contributed by atoms with Crippen LogP contribution in [0.3, 0.4) is 0 Å². The molecule has 0 bridgehead atoms. The van der Waals surface area contributed by atoms with Crippen molar-refractivity contribution in [1.82, 2.24) is 4.98 Å². The minimum atomic E-state index is 0.0968. The monoisotopic (exact) mass is 353 g/mol. The van der Waals surface area contributed by atoms with Crippen molar-refractivity contribution in [3.63, 3.8) is 0 Å². The lowest BCUT2D eigenvalue weighted by Crippen LogP contribution is -1.90. The number of carbonyl (C=O) groups is 1. The lowest BCUT2D eigenvalue weighted by molar-refractivity contribution is 0.111. The van der Waals surface area contributed by atoms with Gasteiger partial charge in [0.15, 0.2) is 6.29 Å². The second-order valence-electron chi connectivity index (χ2n) is 3.53. The summed E-state index contributed by atoms with van der Waals surface area (Å²) in [6.45, 7) is 0. The Morgan fingerprint density at radius 1 is 0.842 bits per heavy atom. The zero-order valence-corrected chi connectivity index (χ0v) is 12.8. The maximum Gasteiger partial charge on any atom is 0.168 e. The van der Waals surface area contributed by atoms with Gasteiger partial charge >= 0.3 is 0 Å². The fourth-order valence-electron chi connectivity index (χ4n) is 1.48. The largest absolute Gasteiger partial charge is 0.296 e. The van der Waals surface area contributed by atoms with Crippen LogP contribution >= 0.6 is 58.0 Å². The summed E-state index contributed by atoms with van der Waals surface area (Å²) in [5.41, 5.74) is 1.30. The van der Waals surface area contributed by atoms with Crippen LogP contribution in [0.15, 0.2) is 18.3 Å². The molecule has 19 heavy (non-hydrogen) atoms. The van der Waals surface area contributed by atoms with Crippen LogP contribution in [0.5, 0.6) is 0 Å². The fraction of sp³-hybridized carbons (Fsp3) is 0. The normalized spacial score (nSPS) is 10.6. The summed E-state index contributed by atoms with van der Waals surface area (Å²) in [6.07, 6.45) is 2.09. The molecule has 0 N–H and O–H groups in total. The fourth-order valence-corrected chi connectivity index (χ4v) is 2.84. The molecule has 1 aromatic heterocycles. The van der Waals surface area contributed by atoms with E-state index >= 15 is 0 Å². The van der Waals surface area contributed by atoms with Crippen molar-refractivity contribution in [3.05, 3.63) is 49.1 Å². The number of rotatable bonds is 2. The number of hydrogen-bond donors (Lipinski definition) is 0. The van der Waals surface area contributed by atoms with E-state index in [1.54, 1.807) is 6.07 Å². The van der Waals surface area contributed by atoms with Crippen molar-refractivity contribution >= 4 is 64.3 Å². The molecule has 0 saturated carbocycles. The van der Waals surface area contributed by atoms with Gasteiger partial charge in [-0.15, -0.1) is 0 Å². The zero-order valence-electron chi connectivity index (χ0n) is 9.05. The van der Waals surface area contributed by atoms with Gasteiger partial charge in [-0.05, 0) is 6.07 Å². The standard InChI is InChI=1S/C12H4Cl5NO/c13-8-7(5-1-2-6(4-19)18-3-5)9(14)11(16)12(17)10(8)15/h1-4H. The number of pyridine rings is 1. The molecular formula is C12H4Cl5NO. The Labute approximate surface area is 134 Å². The third kappa shape index (κ3) is 2.69. The van der Waals surface area contributed by atoms with Crippen LogP contribution in [0.25, 0.3) is 11.1 Å².